The van der Waals surface area contributed by atoms with Gasteiger partial charge in [0.2, 0.25) is 0 Å². The highest BCUT2D eigenvalue weighted by Crippen LogP contribution is 2.33. The third-order valence-electron chi connectivity index (χ3n) is 5.65. The molecule has 1 fully saturated rings. The van der Waals surface area contributed by atoms with E-state index in [-0.39, 0.29) is 5.75 Å². The van der Waals surface area contributed by atoms with Crippen LogP contribution in [0.1, 0.15) is 35.8 Å². The van der Waals surface area contributed by atoms with E-state index in [1.807, 2.05) is 19.1 Å². The van der Waals surface area contributed by atoms with Gasteiger partial charge in [-0.2, -0.15) is 0 Å². The summed E-state index contributed by atoms with van der Waals surface area (Å²) in [5.41, 5.74) is 3.22. The first-order valence-corrected chi connectivity index (χ1v) is 11.0. The van der Waals surface area contributed by atoms with E-state index in [0.717, 1.165) is 54.3 Å². The number of halogens is 3. The van der Waals surface area contributed by atoms with Gasteiger partial charge in [-0.15, -0.1) is 13.2 Å². The maximum Gasteiger partial charge on any atom is 0.573 e. The van der Waals surface area contributed by atoms with Crippen LogP contribution < -0.4 is 15.0 Å². The van der Waals surface area contributed by atoms with Crippen LogP contribution in [0.5, 0.6) is 5.75 Å². The van der Waals surface area contributed by atoms with Gasteiger partial charge in [0.25, 0.3) is 5.91 Å². The second-order valence-electron chi connectivity index (χ2n) is 8.50. The Morgan fingerprint density at radius 2 is 1.88 bits per heavy atom. The fourth-order valence-electron chi connectivity index (χ4n) is 4.00. The summed E-state index contributed by atoms with van der Waals surface area (Å²) < 4.78 is 40.9. The number of rotatable bonds is 5. The van der Waals surface area contributed by atoms with Crippen molar-refractivity contribution in [2.24, 2.45) is 5.92 Å². The molecular weight excluding hydrogens is 445 g/mol. The molecule has 0 saturated carbocycles. The molecule has 0 unspecified atom stereocenters. The molecule has 1 N–H and O–H groups in total. The molecule has 3 aromatic rings. The van der Waals surface area contributed by atoms with Gasteiger partial charge in [0.1, 0.15) is 11.6 Å². The van der Waals surface area contributed by atoms with Crippen molar-refractivity contribution < 1.29 is 22.7 Å². The van der Waals surface area contributed by atoms with E-state index < -0.39 is 12.3 Å². The zero-order chi connectivity index (χ0) is 24.3. The van der Waals surface area contributed by atoms with Gasteiger partial charge in [-0.05, 0) is 62.1 Å². The second kappa shape index (κ2) is 9.70. The molecule has 3 heterocycles. The summed E-state index contributed by atoms with van der Waals surface area (Å²) in [6.45, 7) is 5.90. The molecule has 0 bridgehead atoms. The largest absolute Gasteiger partial charge is 0.573 e. The Bertz CT molecular complexity index is 1150. The molecule has 0 aliphatic carbocycles. The SMILES string of the molecule is Cc1ccc(-c2cc(C(=O)Nc3ccc(OC(F)(F)F)cc3)cnc2N2CCC[C@H](C)C2)cn1. The van der Waals surface area contributed by atoms with Crippen molar-refractivity contribution in [3.05, 3.63) is 66.1 Å². The molecule has 1 amide bonds. The van der Waals surface area contributed by atoms with Crippen LogP contribution >= 0.6 is 0 Å². The van der Waals surface area contributed by atoms with Crippen molar-refractivity contribution in [1.29, 1.82) is 0 Å². The number of amides is 1. The van der Waals surface area contributed by atoms with E-state index >= 15 is 0 Å². The highest BCUT2D eigenvalue weighted by Gasteiger charge is 2.31. The summed E-state index contributed by atoms with van der Waals surface area (Å²) in [5.74, 6) is 0.576. The monoisotopic (exact) mass is 470 g/mol. The Morgan fingerprint density at radius 1 is 1.12 bits per heavy atom. The number of carbonyl (C=O) groups is 1. The molecule has 2 aromatic heterocycles. The van der Waals surface area contributed by atoms with Gasteiger partial charge >= 0.3 is 6.36 Å². The number of aryl methyl sites for hydroxylation is 1. The number of nitrogens with one attached hydrogen (secondary N) is 1. The fourth-order valence-corrected chi connectivity index (χ4v) is 4.00. The number of piperidine rings is 1. The van der Waals surface area contributed by atoms with Crippen molar-refractivity contribution >= 4 is 17.4 Å². The Labute approximate surface area is 195 Å². The molecule has 0 spiro atoms. The maximum absolute atomic E-state index is 12.9. The lowest BCUT2D eigenvalue weighted by atomic mass is 9.98. The summed E-state index contributed by atoms with van der Waals surface area (Å²) >= 11 is 0. The number of hydrogen-bond acceptors (Lipinski definition) is 5. The molecule has 4 rings (SSSR count). The number of ether oxygens (including phenoxy) is 1. The summed E-state index contributed by atoms with van der Waals surface area (Å²) in [5, 5.41) is 2.70. The van der Waals surface area contributed by atoms with Gasteiger partial charge in [-0.1, -0.05) is 13.0 Å². The minimum atomic E-state index is -4.77. The lowest BCUT2D eigenvalue weighted by Crippen LogP contribution is -2.35. The topological polar surface area (TPSA) is 67.3 Å². The van der Waals surface area contributed by atoms with E-state index in [2.05, 4.69) is 31.8 Å². The number of nitrogens with zero attached hydrogens (tertiary/aromatic N) is 3. The Hall–Kier alpha value is -3.62. The van der Waals surface area contributed by atoms with E-state index in [1.54, 1.807) is 12.3 Å². The van der Waals surface area contributed by atoms with Crippen LogP contribution in [-0.2, 0) is 0 Å². The molecule has 1 atom stereocenters. The van der Waals surface area contributed by atoms with Gasteiger partial charge in [0.05, 0.1) is 5.56 Å². The van der Waals surface area contributed by atoms with Gasteiger partial charge in [0.15, 0.2) is 0 Å². The number of carbonyl (C=O) groups excluding carboxylic acids is 1. The van der Waals surface area contributed by atoms with Crippen LogP contribution in [-0.4, -0.2) is 35.3 Å². The van der Waals surface area contributed by atoms with Crippen molar-refractivity contribution in [1.82, 2.24) is 9.97 Å². The molecule has 178 valence electrons. The quantitative estimate of drug-likeness (QED) is 0.508. The summed E-state index contributed by atoms with van der Waals surface area (Å²) in [7, 11) is 0. The lowest BCUT2D eigenvalue weighted by Gasteiger charge is -2.33. The van der Waals surface area contributed by atoms with Crippen LogP contribution in [0, 0.1) is 12.8 Å². The molecule has 1 aliphatic heterocycles. The third-order valence-corrected chi connectivity index (χ3v) is 5.65. The number of alkyl halides is 3. The fraction of sp³-hybridized carbons (Fsp3) is 0.320. The highest BCUT2D eigenvalue weighted by atomic mass is 19.4. The number of pyridine rings is 2. The van der Waals surface area contributed by atoms with E-state index in [0.29, 0.717) is 17.2 Å². The number of hydrogen-bond donors (Lipinski definition) is 1. The predicted octanol–water partition coefficient (Wildman–Crippen LogP) is 5.84. The Balaban J connectivity index is 1.60. The second-order valence-corrected chi connectivity index (χ2v) is 8.50. The highest BCUT2D eigenvalue weighted by molar-refractivity contribution is 6.05. The first-order chi connectivity index (χ1) is 16.2. The zero-order valence-electron chi connectivity index (χ0n) is 18.9. The van der Waals surface area contributed by atoms with Crippen LogP contribution in [0.4, 0.5) is 24.7 Å². The maximum atomic E-state index is 12.9. The van der Waals surface area contributed by atoms with Crippen molar-refractivity contribution in [2.75, 3.05) is 23.3 Å². The molecule has 6 nitrogen and oxygen atoms in total. The van der Waals surface area contributed by atoms with Gasteiger partial charge in [-0.3, -0.25) is 9.78 Å². The van der Waals surface area contributed by atoms with Crippen molar-refractivity contribution in [2.45, 2.75) is 33.1 Å². The number of anilines is 2. The van der Waals surface area contributed by atoms with E-state index in [1.165, 1.54) is 24.8 Å². The molecule has 9 heteroatoms. The standard InChI is InChI=1S/C25H25F3N4O2/c1-16-4-3-11-32(15-16)23-22(18-6-5-17(2)29-13-18)12-19(14-30-23)24(33)31-20-7-9-21(10-8-20)34-25(26,27)28/h5-10,12-14,16H,3-4,11,15H2,1-2H3,(H,31,33)/t16-/m0/s1. The smallest absolute Gasteiger partial charge is 0.406 e. The van der Waals surface area contributed by atoms with E-state index in [9.17, 15) is 18.0 Å². The summed E-state index contributed by atoms with van der Waals surface area (Å²) in [6, 6.07) is 10.6. The summed E-state index contributed by atoms with van der Waals surface area (Å²) in [4.78, 5) is 24.2. The molecule has 1 aliphatic rings. The Morgan fingerprint density at radius 3 is 2.53 bits per heavy atom. The number of aromatic nitrogens is 2. The van der Waals surface area contributed by atoms with Crippen LogP contribution in [0.3, 0.4) is 0 Å². The zero-order valence-corrected chi connectivity index (χ0v) is 18.9. The predicted molar refractivity (Wildman–Crippen MR) is 124 cm³/mol. The molecular formula is C25H25F3N4O2. The van der Waals surface area contributed by atoms with Crippen LogP contribution in [0.15, 0.2) is 54.9 Å². The average Bonchev–Trinajstić information content (AvgIpc) is 2.79. The first-order valence-electron chi connectivity index (χ1n) is 11.0. The molecule has 1 aromatic carbocycles. The first kappa shape index (κ1) is 23.5. The minimum Gasteiger partial charge on any atom is -0.406 e. The summed E-state index contributed by atoms with van der Waals surface area (Å²) in [6.07, 6.45) is 0.766. The normalized spacial score (nSPS) is 16.3. The Kier molecular flexibility index (Phi) is 6.72. The number of benzene rings is 1. The van der Waals surface area contributed by atoms with E-state index in [4.69, 9.17) is 0 Å². The minimum absolute atomic E-state index is 0.333. The molecule has 1 saturated heterocycles. The third kappa shape index (κ3) is 5.84. The molecule has 34 heavy (non-hydrogen) atoms. The van der Waals surface area contributed by atoms with Gasteiger partial charge in [-0.25, -0.2) is 4.98 Å². The van der Waals surface area contributed by atoms with Crippen LogP contribution in [0.2, 0.25) is 0 Å². The van der Waals surface area contributed by atoms with Gasteiger partial charge in [0, 0.05) is 48.0 Å². The van der Waals surface area contributed by atoms with Crippen molar-refractivity contribution in [3.63, 3.8) is 0 Å². The van der Waals surface area contributed by atoms with Crippen molar-refractivity contribution in [3.8, 4) is 16.9 Å². The molecule has 0 radical (unpaired) electrons. The average molecular weight is 470 g/mol. The van der Waals surface area contributed by atoms with Gasteiger partial charge < -0.3 is 15.0 Å². The lowest BCUT2D eigenvalue weighted by molar-refractivity contribution is -0.274. The van der Waals surface area contributed by atoms with Crippen LogP contribution in [0.25, 0.3) is 11.1 Å².